The number of nitro groups is 1. The van der Waals surface area contributed by atoms with Crippen molar-refractivity contribution in [1.29, 1.82) is 0 Å². The topological polar surface area (TPSA) is 118 Å². The number of benzene rings is 2. The molecule has 2 N–H and O–H groups in total. The molecule has 0 saturated heterocycles. The Labute approximate surface area is 152 Å². The molecule has 1 atom stereocenters. The maximum atomic E-state index is 12.3. The summed E-state index contributed by atoms with van der Waals surface area (Å²) in [5, 5.41) is 13.2. The van der Waals surface area contributed by atoms with E-state index in [4.69, 9.17) is 0 Å². The van der Waals surface area contributed by atoms with Gasteiger partial charge in [0, 0.05) is 22.3 Å². The highest BCUT2D eigenvalue weighted by atomic mass is 79.9. The Balaban J connectivity index is 2.08. The van der Waals surface area contributed by atoms with Gasteiger partial charge in [0.25, 0.3) is 5.69 Å². The van der Waals surface area contributed by atoms with Gasteiger partial charge < -0.3 is 5.32 Å². The first kappa shape index (κ1) is 19.0. The van der Waals surface area contributed by atoms with E-state index in [1.807, 2.05) is 0 Å². The third kappa shape index (κ3) is 5.08. The molecule has 0 heterocycles. The SMILES string of the molecule is CC(NS(=O)(=O)c1ccc(Br)cc1)C(=O)Nc1cccc([N+](=O)[O-])c1. The molecule has 1 unspecified atom stereocenters. The summed E-state index contributed by atoms with van der Waals surface area (Å²) >= 11 is 3.21. The predicted molar refractivity (Wildman–Crippen MR) is 95.7 cm³/mol. The number of sulfonamides is 1. The van der Waals surface area contributed by atoms with Gasteiger partial charge in [-0.2, -0.15) is 4.72 Å². The molecule has 0 fully saturated rings. The number of hydrogen-bond donors (Lipinski definition) is 2. The summed E-state index contributed by atoms with van der Waals surface area (Å²) in [6, 6.07) is 10.2. The van der Waals surface area contributed by atoms with E-state index >= 15 is 0 Å². The zero-order valence-electron chi connectivity index (χ0n) is 13.0. The summed E-state index contributed by atoms with van der Waals surface area (Å²) in [7, 11) is -3.88. The minimum absolute atomic E-state index is 0.0192. The molecule has 2 rings (SSSR count). The van der Waals surface area contributed by atoms with Gasteiger partial charge >= 0.3 is 0 Å². The van der Waals surface area contributed by atoms with Gasteiger partial charge in [0.1, 0.15) is 0 Å². The van der Waals surface area contributed by atoms with E-state index < -0.39 is 26.9 Å². The van der Waals surface area contributed by atoms with Crippen LogP contribution in [0.15, 0.2) is 57.9 Å². The highest BCUT2D eigenvalue weighted by molar-refractivity contribution is 9.10. The number of halogens is 1. The fraction of sp³-hybridized carbons (Fsp3) is 0.133. The van der Waals surface area contributed by atoms with Crippen molar-refractivity contribution >= 4 is 43.2 Å². The second-order valence-electron chi connectivity index (χ2n) is 5.09. The van der Waals surface area contributed by atoms with Crippen molar-refractivity contribution in [3.63, 3.8) is 0 Å². The van der Waals surface area contributed by atoms with E-state index in [1.54, 1.807) is 12.1 Å². The van der Waals surface area contributed by atoms with Gasteiger partial charge in [-0.15, -0.1) is 0 Å². The van der Waals surface area contributed by atoms with Gasteiger partial charge in [0.05, 0.1) is 15.9 Å². The number of non-ortho nitro benzene ring substituents is 1. The summed E-state index contributed by atoms with van der Waals surface area (Å²) in [5.41, 5.74) is 0.0229. The summed E-state index contributed by atoms with van der Waals surface area (Å²) in [5.74, 6) is -0.638. The quantitative estimate of drug-likeness (QED) is 0.542. The molecular weight excluding hydrogens is 414 g/mol. The molecule has 2 aromatic carbocycles. The largest absolute Gasteiger partial charge is 0.324 e. The first-order chi connectivity index (χ1) is 11.7. The molecule has 0 spiro atoms. The molecule has 25 heavy (non-hydrogen) atoms. The van der Waals surface area contributed by atoms with Crippen LogP contribution >= 0.6 is 15.9 Å². The fourth-order valence-corrected chi connectivity index (χ4v) is 3.38. The third-order valence-corrected chi connectivity index (χ3v) is 5.26. The van der Waals surface area contributed by atoms with Crippen molar-refractivity contribution in [3.05, 3.63) is 63.1 Å². The number of anilines is 1. The zero-order valence-corrected chi connectivity index (χ0v) is 15.4. The van der Waals surface area contributed by atoms with Gasteiger partial charge in [-0.1, -0.05) is 22.0 Å². The lowest BCUT2D eigenvalue weighted by Crippen LogP contribution is -2.41. The number of carbonyl (C=O) groups is 1. The zero-order chi connectivity index (χ0) is 18.6. The second kappa shape index (κ2) is 7.72. The fourth-order valence-electron chi connectivity index (χ4n) is 1.92. The van der Waals surface area contributed by atoms with Crippen LogP contribution in [0, 0.1) is 10.1 Å². The van der Waals surface area contributed by atoms with Crippen molar-refractivity contribution < 1.29 is 18.1 Å². The van der Waals surface area contributed by atoms with Gasteiger partial charge in [-0.25, -0.2) is 8.42 Å². The van der Waals surface area contributed by atoms with E-state index in [0.717, 1.165) is 4.47 Å². The third-order valence-electron chi connectivity index (χ3n) is 3.17. The molecule has 132 valence electrons. The molecule has 10 heteroatoms. The minimum atomic E-state index is -3.88. The Morgan fingerprint density at radius 3 is 2.44 bits per heavy atom. The number of hydrogen-bond acceptors (Lipinski definition) is 5. The summed E-state index contributed by atoms with van der Waals surface area (Å²) < 4.78 is 27.5. The lowest BCUT2D eigenvalue weighted by molar-refractivity contribution is -0.384. The Morgan fingerprint density at radius 1 is 1.20 bits per heavy atom. The molecule has 0 radical (unpaired) electrons. The highest BCUT2D eigenvalue weighted by Crippen LogP contribution is 2.18. The molecule has 0 bridgehead atoms. The van der Waals surface area contributed by atoms with Gasteiger partial charge in [-0.05, 0) is 37.3 Å². The lowest BCUT2D eigenvalue weighted by Gasteiger charge is -2.14. The maximum Gasteiger partial charge on any atom is 0.271 e. The molecule has 0 aliphatic rings. The van der Waals surface area contributed by atoms with Crippen LogP contribution in [0.3, 0.4) is 0 Å². The van der Waals surface area contributed by atoms with Crippen LogP contribution in [-0.4, -0.2) is 25.3 Å². The number of nitrogens with zero attached hydrogens (tertiary/aromatic N) is 1. The van der Waals surface area contributed by atoms with Gasteiger partial charge in [-0.3, -0.25) is 14.9 Å². The summed E-state index contributed by atoms with van der Waals surface area (Å²) in [6.07, 6.45) is 0. The van der Waals surface area contributed by atoms with Crippen LogP contribution in [-0.2, 0) is 14.8 Å². The molecule has 0 aliphatic heterocycles. The Kier molecular flexibility index (Phi) is 5.88. The van der Waals surface area contributed by atoms with Crippen molar-refractivity contribution in [2.75, 3.05) is 5.32 Å². The van der Waals surface area contributed by atoms with Crippen LogP contribution in [0.25, 0.3) is 0 Å². The Hall–Kier alpha value is -2.30. The van der Waals surface area contributed by atoms with Crippen LogP contribution in [0.4, 0.5) is 11.4 Å². The van der Waals surface area contributed by atoms with Crippen molar-refractivity contribution in [2.24, 2.45) is 0 Å². The number of carbonyl (C=O) groups excluding carboxylic acids is 1. The van der Waals surface area contributed by atoms with E-state index in [0.29, 0.717) is 0 Å². The highest BCUT2D eigenvalue weighted by Gasteiger charge is 2.22. The van der Waals surface area contributed by atoms with E-state index in [2.05, 4.69) is 26.0 Å². The van der Waals surface area contributed by atoms with Crippen molar-refractivity contribution in [1.82, 2.24) is 4.72 Å². The van der Waals surface area contributed by atoms with Gasteiger partial charge in [0.15, 0.2) is 0 Å². The number of amides is 1. The molecule has 0 saturated carbocycles. The smallest absolute Gasteiger partial charge is 0.271 e. The first-order valence-electron chi connectivity index (χ1n) is 7.02. The molecule has 1 amide bonds. The molecule has 8 nitrogen and oxygen atoms in total. The standard InChI is InChI=1S/C15H14BrN3O5S/c1-10(18-25(23,24)14-7-5-11(16)6-8-14)15(20)17-12-3-2-4-13(9-12)19(21)22/h2-10,18H,1H3,(H,17,20). The summed E-state index contributed by atoms with van der Waals surface area (Å²) in [6.45, 7) is 1.38. The average Bonchev–Trinajstić information content (AvgIpc) is 2.55. The first-order valence-corrected chi connectivity index (χ1v) is 9.30. The molecule has 0 aromatic heterocycles. The number of nitrogens with one attached hydrogen (secondary N) is 2. The minimum Gasteiger partial charge on any atom is -0.324 e. The van der Waals surface area contributed by atoms with E-state index in [1.165, 1.54) is 43.3 Å². The molecule has 2 aromatic rings. The Bertz CT molecular complexity index is 900. The van der Waals surface area contributed by atoms with Crippen LogP contribution in [0.1, 0.15) is 6.92 Å². The van der Waals surface area contributed by atoms with Crippen molar-refractivity contribution in [3.8, 4) is 0 Å². The number of rotatable bonds is 6. The lowest BCUT2D eigenvalue weighted by atomic mass is 10.2. The maximum absolute atomic E-state index is 12.3. The second-order valence-corrected chi connectivity index (χ2v) is 7.72. The summed E-state index contributed by atoms with van der Waals surface area (Å²) in [4.78, 5) is 22.3. The monoisotopic (exact) mass is 427 g/mol. The average molecular weight is 428 g/mol. The van der Waals surface area contributed by atoms with Crippen LogP contribution in [0.5, 0.6) is 0 Å². The number of nitro benzene ring substituents is 1. The van der Waals surface area contributed by atoms with Crippen LogP contribution in [0.2, 0.25) is 0 Å². The molecular formula is C15H14BrN3O5S. The van der Waals surface area contributed by atoms with Crippen molar-refractivity contribution in [2.45, 2.75) is 17.9 Å². The van der Waals surface area contributed by atoms with Crippen LogP contribution < -0.4 is 10.0 Å². The predicted octanol–water partition coefficient (Wildman–Crippen LogP) is 2.66. The normalized spacial score (nSPS) is 12.4. The van der Waals surface area contributed by atoms with Gasteiger partial charge in [0.2, 0.25) is 15.9 Å². The van der Waals surface area contributed by atoms with E-state index in [-0.39, 0.29) is 16.3 Å². The van der Waals surface area contributed by atoms with E-state index in [9.17, 15) is 23.3 Å². The Morgan fingerprint density at radius 2 is 1.84 bits per heavy atom. The molecule has 0 aliphatic carbocycles.